The highest BCUT2D eigenvalue weighted by molar-refractivity contribution is 5.90. The molecule has 0 spiro atoms. The maximum atomic E-state index is 12.2. The van der Waals surface area contributed by atoms with Gasteiger partial charge in [0.1, 0.15) is 16.9 Å². The van der Waals surface area contributed by atoms with Crippen molar-refractivity contribution in [1.29, 1.82) is 0 Å². The Morgan fingerprint density at radius 2 is 1.46 bits per heavy atom. The molecular weight excluding hydrogens is 496 g/mol. The summed E-state index contributed by atoms with van der Waals surface area (Å²) in [4.78, 5) is 32.2. The number of fused-ring (bicyclic) bond motifs is 6. The van der Waals surface area contributed by atoms with E-state index in [1.165, 1.54) is 6.20 Å². The fourth-order valence-electron chi connectivity index (χ4n) is 5.21. The Bertz CT molecular complexity index is 1240. The number of pyridine rings is 2. The molecular formula is C30H42N4O5. The maximum absolute atomic E-state index is 12.2. The van der Waals surface area contributed by atoms with Crippen molar-refractivity contribution in [2.45, 2.75) is 91.2 Å². The minimum atomic E-state index is -0.528. The van der Waals surface area contributed by atoms with Gasteiger partial charge in [-0.15, -0.1) is 0 Å². The third-order valence-electron chi connectivity index (χ3n) is 6.98. The van der Waals surface area contributed by atoms with Crippen molar-refractivity contribution in [2.75, 3.05) is 22.9 Å². The van der Waals surface area contributed by atoms with Gasteiger partial charge in [-0.25, -0.2) is 9.59 Å². The summed E-state index contributed by atoms with van der Waals surface area (Å²) >= 11 is 0. The lowest BCUT2D eigenvalue weighted by Gasteiger charge is -2.30. The van der Waals surface area contributed by atoms with E-state index in [4.69, 9.17) is 10.8 Å². The lowest BCUT2D eigenvalue weighted by molar-refractivity contribution is -0.613. The summed E-state index contributed by atoms with van der Waals surface area (Å²) < 4.78 is 18.0. The first-order valence-corrected chi connectivity index (χ1v) is 13.7. The molecule has 39 heavy (non-hydrogen) atoms. The van der Waals surface area contributed by atoms with Crippen molar-refractivity contribution < 1.29 is 25.2 Å². The monoisotopic (exact) mass is 539 g/mol. The first kappa shape index (κ1) is 27.2. The van der Waals surface area contributed by atoms with Crippen LogP contribution >= 0.6 is 0 Å². The fourth-order valence-corrected chi connectivity index (χ4v) is 5.21. The number of amides is 2. The van der Waals surface area contributed by atoms with Crippen LogP contribution in [0, 0.1) is 17.0 Å². The highest BCUT2D eigenvalue weighted by atomic mass is 16.6. The Morgan fingerprint density at radius 1 is 0.949 bits per heavy atom. The summed E-state index contributed by atoms with van der Waals surface area (Å²) in [7, 11) is 0. The molecule has 212 valence electrons. The van der Waals surface area contributed by atoms with Crippen LogP contribution < -0.4 is 14.5 Å². The van der Waals surface area contributed by atoms with E-state index >= 15 is 0 Å². The first-order chi connectivity index (χ1) is 18.7. The van der Waals surface area contributed by atoms with E-state index in [9.17, 15) is 14.8 Å². The minimum absolute atomic E-state index is 0.262. The molecule has 0 aromatic carbocycles. The van der Waals surface area contributed by atoms with Gasteiger partial charge in [0.25, 0.3) is 0 Å². The second-order valence-electron chi connectivity index (χ2n) is 12.4. The summed E-state index contributed by atoms with van der Waals surface area (Å²) in [5, 5.41) is 11.9. The van der Waals surface area contributed by atoms with Gasteiger partial charge >= 0.3 is 12.2 Å². The molecule has 0 saturated heterocycles. The normalized spacial score (nSPS) is 24.0. The van der Waals surface area contributed by atoms with Crippen LogP contribution in [-0.2, 0) is 9.47 Å². The van der Waals surface area contributed by atoms with Crippen molar-refractivity contribution in [3.05, 3.63) is 53.3 Å². The number of hydrogen-bond donors (Lipinski definition) is 0. The highest BCUT2D eigenvalue weighted by Crippen LogP contribution is 2.54. The zero-order valence-electron chi connectivity index (χ0n) is 25.1. The molecule has 0 radical (unpaired) electrons. The van der Waals surface area contributed by atoms with Crippen LogP contribution in [0.3, 0.4) is 0 Å². The number of rotatable bonds is 0. The summed E-state index contributed by atoms with van der Waals surface area (Å²) in [6, 6.07) is 7.33. The smallest absolute Gasteiger partial charge is 0.415 e. The predicted octanol–water partition coefficient (Wildman–Crippen LogP) is 6.15. The molecule has 4 aliphatic rings. The van der Waals surface area contributed by atoms with E-state index in [-0.39, 0.29) is 12.2 Å². The molecule has 4 atom stereocenters. The first-order valence-electron chi connectivity index (χ1n) is 14.4. The van der Waals surface area contributed by atoms with Crippen molar-refractivity contribution in [2.24, 2.45) is 11.8 Å². The van der Waals surface area contributed by atoms with Crippen LogP contribution in [0.2, 0.25) is 0 Å². The lowest BCUT2D eigenvalue weighted by atomic mass is 10.1. The average Bonchev–Trinajstić information content (AvgIpc) is 3.76. The number of aromatic nitrogens is 2. The molecule has 0 N–H and O–H groups in total. The van der Waals surface area contributed by atoms with Crippen molar-refractivity contribution in [3.8, 4) is 0 Å². The van der Waals surface area contributed by atoms with Crippen LogP contribution in [0.5, 0.6) is 0 Å². The Balaban J connectivity index is 0.000000169. The topological polar surface area (TPSA) is 98.9 Å². The summed E-state index contributed by atoms with van der Waals surface area (Å²) in [6.07, 6.45) is 4.79. The molecule has 2 fully saturated rings. The third-order valence-corrected chi connectivity index (χ3v) is 6.98. The van der Waals surface area contributed by atoms with Crippen LogP contribution in [0.4, 0.5) is 21.0 Å². The summed E-state index contributed by atoms with van der Waals surface area (Å²) in [5.41, 5.74) is 2.40. The fraction of sp³-hybridized carbons (Fsp3) is 0.600. The molecule has 0 bridgehead atoms. The highest BCUT2D eigenvalue weighted by Gasteiger charge is 2.52. The van der Waals surface area contributed by atoms with E-state index in [2.05, 4.69) is 4.98 Å². The number of hydrogen-bond acceptors (Lipinski definition) is 6. The number of carbonyl (C=O) groups excluding carboxylic acids is 2. The largest absolute Gasteiger partial charge is 0.618 e. The van der Waals surface area contributed by atoms with Crippen molar-refractivity contribution in [1.82, 2.24) is 4.98 Å². The molecule has 6 rings (SSSR count). The van der Waals surface area contributed by atoms with Gasteiger partial charge in [0, 0.05) is 32.6 Å². The Kier molecular flexibility index (Phi) is 7.44. The number of nitrogens with zero attached hydrogens (tertiary/aromatic N) is 4. The van der Waals surface area contributed by atoms with Gasteiger partial charge in [-0.1, -0.05) is 13.8 Å². The van der Waals surface area contributed by atoms with Gasteiger partial charge in [0.05, 0.1) is 17.3 Å². The molecule has 9 heteroatoms. The summed E-state index contributed by atoms with van der Waals surface area (Å²) in [6.45, 7) is 14.9. The van der Waals surface area contributed by atoms with Gasteiger partial charge in [-0.05, 0) is 84.4 Å². The number of anilines is 2. The van der Waals surface area contributed by atoms with E-state index in [1.807, 2.05) is 59.7 Å². The second-order valence-corrected chi connectivity index (χ2v) is 12.4. The molecule has 4 unspecified atom stereocenters. The molecule has 2 aromatic heterocycles. The van der Waals surface area contributed by atoms with Crippen LogP contribution in [0.25, 0.3) is 0 Å². The van der Waals surface area contributed by atoms with E-state index < -0.39 is 11.2 Å². The average molecular weight is 540 g/mol. The summed E-state index contributed by atoms with van der Waals surface area (Å²) in [5.74, 6) is 1.84. The van der Waals surface area contributed by atoms with Crippen LogP contribution in [-0.4, -0.2) is 41.5 Å². The molecule has 2 saturated carbocycles. The molecule has 2 amide bonds. The quantitative estimate of drug-likeness (QED) is 0.294. The minimum Gasteiger partial charge on any atom is -0.618 e. The lowest BCUT2D eigenvalue weighted by Crippen LogP contribution is -2.44. The zero-order chi connectivity index (χ0) is 29.4. The Labute approximate surface area is 233 Å². The second kappa shape index (κ2) is 10.7. The molecule has 2 aromatic rings. The molecule has 2 aliphatic heterocycles. The van der Waals surface area contributed by atoms with E-state index in [0.717, 1.165) is 35.5 Å². The van der Waals surface area contributed by atoms with E-state index in [1.54, 1.807) is 29.0 Å². The van der Waals surface area contributed by atoms with Crippen molar-refractivity contribution >= 4 is 23.6 Å². The zero-order valence-corrected chi connectivity index (χ0v) is 24.1. The van der Waals surface area contributed by atoms with Gasteiger partial charge < -0.3 is 14.7 Å². The predicted molar refractivity (Wildman–Crippen MR) is 150 cm³/mol. The van der Waals surface area contributed by atoms with Crippen molar-refractivity contribution in [3.63, 3.8) is 0 Å². The Hall–Kier alpha value is -3.36. The number of ether oxygens (including phenoxy) is 2. The van der Waals surface area contributed by atoms with Gasteiger partial charge in [0.15, 0.2) is 6.20 Å². The molecule has 2 aliphatic carbocycles. The van der Waals surface area contributed by atoms with Gasteiger partial charge in [-0.3, -0.25) is 14.8 Å². The van der Waals surface area contributed by atoms with Gasteiger partial charge in [-0.2, -0.15) is 4.73 Å². The van der Waals surface area contributed by atoms with Crippen LogP contribution in [0.1, 0.15) is 92.8 Å². The maximum Gasteiger partial charge on any atom is 0.415 e. The molecule has 4 heterocycles. The molecule has 9 nitrogen and oxygen atoms in total. The third kappa shape index (κ3) is 6.45. The van der Waals surface area contributed by atoms with Gasteiger partial charge in [0.2, 0.25) is 5.69 Å². The SMILES string of the molecule is CC(C)(C)OC(=O)N1CC2CC2c2c1ccc[n+]2[O-].CC(C)(C)OC(=O)N1CC2CC2c2ncccc21.[2H]CC. The Morgan fingerprint density at radius 3 is 2.05 bits per heavy atom. The van der Waals surface area contributed by atoms with E-state index in [0.29, 0.717) is 48.5 Å². The van der Waals surface area contributed by atoms with Crippen LogP contribution in [0.15, 0.2) is 36.7 Å². The standard InChI is InChI=1S/C14H18N2O3.C14H18N2O2.C2H6/c1-14(2,3)19-13(17)15-8-9-7-10(9)12-11(15)5-4-6-16(12)18;1-14(2,3)18-13(17)16-8-9-7-10(9)12-11(16)5-4-6-15-12;1-2/h4-6,9-10H,7-8H2,1-3H3;4-6,9-10H,7-8H2,1-3H3;1-2H3/i;;1D. The number of carbonyl (C=O) groups is 2.